The van der Waals surface area contributed by atoms with Crippen LogP contribution in [0.15, 0.2) is 36.4 Å². The van der Waals surface area contributed by atoms with Gasteiger partial charge in [0.2, 0.25) is 17.7 Å². The second-order valence-electron chi connectivity index (χ2n) is 10.2. The second kappa shape index (κ2) is 10.9. The number of aryl methyl sites for hydroxylation is 3. The highest BCUT2D eigenvalue weighted by molar-refractivity contribution is 5.94. The van der Waals surface area contributed by atoms with Gasteiger partial charge < -0.3 is 16.8 Å². The molecule has 2 heterocycles. The minimum atomic E-state index is -0.912. The lowest BCUT2D eigenvalue weighted by molar-refractivity contribution is -0.130. The highest BCUT2D eigenvalue weighted by atomic mass is 16.2. The van der Waals surface area contributed by atoms with Gasteiger partial charge >= 0.3 is 6.17 Å². The molecule has 5 N–H and O–H groups in total. The Bertz CT molecular complexity index is 1460. The minimum absolute atomic E-state index is 0.0942. The number of aromatic nitrogens is 4. The Morgan fingerprint density at radius 1 is 1.07 bits per heavy atom. The first-order valence-corrected chi connectivity index (χ1v) is 13.2. The molecule has 40 heavy (non-hydrogen) atoms. The predicted octanol–water partition coefficient (Wildman–Crippen LogP) is 0.688. The summed E-state index contributed by atoms with van der Waals surface area (Å²) in [5.41, 5.74) is 14.7. The summed E-state index contributed by atoms with van der Waals surface area (Å²) >= 11 is 0. The Balaban J connectivity index is 1.57. The van der Waals surface area contributed by atoms with Crippen LogP contribution in [-0.2, 0) is 30.1 Å². The predicted molar refractivity (Wildman–Crippen MR) is 145 cm³/mol. The van der Waals surface area contributed by atoms with Crippen molar-refractivity contribution in [2.45, 2.75) is 43.7 Å². The van der Waals surface area contributed by atoms with Gasteiger partial charge in [-0.15, -0.1) is 10.2 Å². The van der Waals surface area contributed by atoms with Gasteiger partial charge in [0.15, 0.2) is 5.82 Å². The minimum Gasteiger partial charge on any atom is -0.366 e. The van der Waals surface area contributed by atoms with Crippen molar-refractivity contribution in [1.82, 2.24) is 30.4 Å². The summed E-state index contributed by atoms with van der Waals surface area (Å²) in [5.74, 6) is -0.699. The van der Waals surface area contributed by atoms with Crippen LogP contribution in [0.3, 0.4) is 0 Å². The monoisotopic (exact) mass is 541 g/mol. The number of hydrogen-bond donors (Lipinski definition) is 3. The number of nitrogens with one attached hydrogen (secondary N) is 1. The van der Waals surface area contributed by atoms with E-state index < -0.39 is 23.4 Å². The molecule has 2 aliphatic rings. The Labute approximate surface area is 231 Å². The van der Waals surface area contributed by atoms with E-state index in [4.69, 9.17) is 18.0 Å². The molecule has 1 saturated heterocycles. The molecule has 3 aromatic rings. The van der Waals surface area contributed by atoms with Crippen LogP contribution < -0.4 is 16.8 Å². The van der Waals surface area contributed by atoms with Crippen molar-refractivity contribution in [3.63, 3.8) is 0 Å². The zero-order valence-electron chi connectivity index (χ0n) is 22.3. The first kappa shape index (κ1) is 27.0. The topological polar surface area (TPSA) is 166 Å². The van der Waals surface area contributed by atoms with E-state index in [1.54, 1.807) is 36.2 Å². The summed E-state index contributed by atoms with van der Waals surface area (Å²) in [4.78, 5) is 43.6. The number of amides is 3. The lowest BCUT2D eigenvalue weighted by Gasteiger charge is -2.34. The molecular formula is C28H31N9O3. The maximum absolute atomic E-state index is 12.9. The van der Waals surface area contributed by atoms with E-state index in [0.29, 0.717) is 55.7 Å². The fourth-order valence-corrected chi connectivity index (χ4v) is 5.98. The van der Waals surface area contributed by atoms with Gasteiger partial charge in [-0.2, -0.15) is 4.80 Å². The summed E-state index contributed by atoms with van der Waals surface area (Å²) in [5, 5.41) is 16.5. The first-order chi connectivity index (χ1) is 19.2. The van der Waals surface area contributed by atoms with Crippen molar-refractivity contribution in [3.05, 3.63) is 87.0 Å². The van der Waals surface area contributed by atoms with Crippen molar-refractivity contribution in [2.75, 3.05) is 19.6 Å². The second-order valence-corrected chi connectivity index (χ2v) is 10.2. The molecule has 1 fully saturated rings. The largest absolute Gasteiger partial charge is 0.366 e. The number of tetrazole rings is 1. The van der Waals surface area contributed by atoms with Crippen LogP contribution in [0.2, 0.25) is 0 Å². The van der Waals surface area contributed by atoms with E-state index in [9.17, 15) is 14.4 Å². The number of fused-ring (bicyclic) bond motifs is 2. The molecule has 5 rings (SSSR count). The number of primary amides is 2. The third-order valence-electron chi connectivity index (χ3n) is 7.90. The highest BCUT2D eigenvalue weighted by Crippen LogP contribution is 2.46. The van der Waals surface area contributed by atoms with Crippen molar-refractivity contribution in [3.8, 4) is 0 Å². The molecule has 0 bridgehead atoms. The van der Waals surface area contributed by atoms with E-state index in [2.05, 4.69) is 25.6 Å². The fraction of sp³-hybridized carbons (Fsp3) is 0.393. The first-order valence-electron chi connectivity index (χ1n) is 13.2. The van der Waals surface area contributed by atoms with Gasteiger partial charge in [0.1, 0.15) is 0 Å². The average molecular weight is 542 g/mol. The molecule has 1 aliphatic heterocycles. The maximum Gasteiger partial charge on any atom is 0.300 e. The number of likely N-dealkylation sites (tertiary alicyclic amines) is 1. The molecule has 1 aromatic heterocycles. The lowest BCUT2D eigenvalue weighted by Crippen LogP contribution is -2.42. The van der Waals surface area contributed by atoms with Crippen LogP contribution in [-0.4, -0.2) is 68.6 Å². The van der Waals surface area contributed by atoms with E-state index in [-0.39, 0.29) is 12.5 Å². The summed E-state index contributed by atoms with van der Waals surface area (Å²) in [7, 11) is 1.69. The zero-order valence-corrected chi connectivity index (χ0v) is 22.3. The summed E-state index contributed by atoms with van der Waals surface area (Å²) in [6, 6.07) is 10.8. The average Bonchev–Trinajstić information content (AvgIpc) is 3.58. The van der Waals surface area contributed by atoms with E-state index >= 15 is 0 Å². The van der Waals surface area contributed by atoms with Gasteiger partial charge in [-0.1, -0.05) is 12.1 Å². The quantitative estimate of drug-likeness (QED) is 0.279. The van der Waals surface area contributed by atoms with Crippen molar-refractivity contribution >= 4 is 17.7 Å². The summed E-state index contributed by atoms with van der Waals surface area (Å²) < 4.78 is 0. The summed E-state index contributed by atoms with van der Waals surface area (Å²) in [6.07, 6.45) is 2.76. The standard InChI is InChI=1S/C28H31N9O3/c1-31-23-4-3-13-37(23)24(38)16-32-12-11-28(27-33-35-36(2)34-27)21-9-7-19(25(29)39)14-17(21)5-6-18-15-20(26(30)40)8-10-22(18)28/h7-10,14-15,23,32H,3-6,11-13,16H2,2H3,(H2,29,39)(H2,30,40)/t23-/m0/s1. The molecule has 206 valence electrons. The SMILES string of the molecule is [C-]#[N+][C@@H]1CCCN1C(=O)CNCCC1(c2nnn(C)n2)c2ccc(C(N)=O)cc2CCc2cc(C(N)=O)ccc21. The van der Waals surface area contributed by atoms with E-state index in [0.717, 1.165) is 28.7 Å². The molecule has 12 nitrogen and oxygen atoms in total. The van der Waals surface area contributed by atoms with E-state index in [1.807, 2.05) is 12.1 Å². The van der Waals surface area contributed by atoms with Crippen molar-refractivity contribution in [1.29, 1.82) is 0 Å². The van der Waals surface area contributed by atoms with Crippen LogP contribution in [0.1, 0.15) is 68.1 Å². The van der Waals surface area contributed by atoms with Gasteiger partial charge in [0.25, 0.3) is 0 Å². The number of nitrogens with zero attached hydrogens (tertiary/aromatic N) is 6. The van der Waals surface area contributed by atoms with E-state index in [1.165, 1.54) is 4.80 Å². The van der Waals surface area contributed by atoms with Gasteiger partial charge in [0.05, 0.1) is 19.0 Å². The smallest absolute Gasteiger partial charge is 0.300 e. The molecule has 0 unspecified atom stereocenters. The molecule has 2 aromatic carbocycles. The number of carbonyl (C=O) groups is 3. The molecule has 1 atom stereocenters. The van der Waals surface area contributed by atoms with Crippen LogP contribution >= 0.6 is 0 Å². The number of hydrogen-bond acceptors (Lipinski definition) is 7. The third kappa shape index (κ3) is 4.80. The molecule has 0 radical (unpaired) electrons. The van der Waals surface area contributed by atoms with Crippen LogP contribution in [0.4, 0.5) is 0 Å². The van der Waals surface area contributed by atoms with Crippen LogP contribution in [0, 0.1) is 6.57 Å². The number of carbonyl (C=O) groups excluding carboxylic acids is 3. The molecule has 3 amide bonds. The fourth-order valence-electron chi connectivity index (χ4n) is 5.98. The molecule has 0 saturated carbocycles. The Kier molecular flexibility index (Phi) is 7.32. The number of rotatable bonds is 8. The number of benzene rings is 2. The van der Waals surface area contributed by atoms with Gasteiger partial charge in [-0.3, -0.25) is 24.1 Å². The Morgan fingerprint density at radius 3 is 2.23 bits per heavy atom. The van der Waals surface area contributed by atoms with Crippen molar-refractivity contribution < 1.29 is 14.4 Å². The van der Waals surface area contributed by atoms with Gasteiger partial charge in [0, 0.05) is 24.1 Å². The van der Waals surface area contributed by atoms with Gasteiger partial charge in [-0.05, 0) is 84.0 Å². The molecular weight excluding hydrogens is 510 g/mol. The van der Waals surface area contributed by atoms with Crippen molar-refractivity contribution in [2.24, 2.45) is 18.5 Å². The van der Waals surface area contributed by atoms with Gasteiger partial charge in [-0.25, -0.2) is 6.57 Å². The molecule has 1 aliphatic carbocycles. The zero-order chi connectivity index (χ0) is 28.4. The maximum atomic E-state index is 12.9. The third-order valence-corrected chi connectivity index (χ3v) is 7.90. The van der Waals surface area contributed by atoms with Crippen LogP contribution in [0.25, 0.3) is 4.85 Å². The molecule has 0 spiro atoms. The lowest BCUT2D eigenvalue weighted by atomic mass is 9.69. The highest BCUT2D eigenvalue weighted by Gasteiger charge is 2.44. The number of nitrogens with two attached hydrogens (primary N) is 2. The summed E-state index contributed by atoms with van der Waals surface area (Å²) in [6.45, 7) is 8.46. The Hall–Kier alpha value is -4.63. The normalized spacial score (nSPS) is 17.4. The Morgan fingerprint density at radius 2 is 1.70 bits per heavy atom. The van der Waals surface area contributed by atoms with Crippen LogP contribution in [0.5, 0.6) is 0 Å². The molecule has 12 heteroatoms.